The molecule has 2 aromatic rings. The maximum atomic E-state index is 5.39. The van der Waals surface area contributed by atoms with E-state index in [2.05, 4.69) is 5.32 Å². The van der Waals surface area contributed by atoms with Crippen LogP contribution < -0.4 is 19.5 Å². The van der Waals surface area contributed by atoms with Crippen LogP contribution in [0.5, 0.6) is 17.2 Å². The number of hydrogen-bond donors (Lipinski definition) is 1. The zero-order valence-electron chi connectivity index (χ0n) is 11.9. The first-order valence-electron chi connectivity index (χ1n) is 6.30. The highest BCUT2D eigenvalue weighted by Crippen LogP contribution is 2.33. The largest absolute Gasteiger partial charge is 0.496 e. The average molecular weight is 277 g/mol. The van der Waals surface area contributed by atoms with Crippen molar-refractivity contribution >= 4 is 0 Å². The molecule has 0 radical (unpaired) electrons. The molecule has 0 atom stereocenters. The Bertz CT molecular complexity index is 512. The Labute approximate surface area is 118 Å². The predicted molar refractivity (Wildman–Crippen MR) is 75.3 cm³/mol. The predicted octanol–water partition coefficient (Wildman–Crippen LogP) is 2.60. The Morgan fingerprint density at radius 3 is 2.20 bits per heavy atom. The lowest BCUT2D eigenvalue weighted by Gasteiger charge is -2.15. The van der Waals surface area contributed by atoms with Gasteiger partial charge in [-0.3, -0.25) is 0 Å². The lowest BCUT2D eigenvalue weighted by molar-refractivity contribution is 0.365. The van der Waals surface area contributed by atoms with E-state index in [1.54, 1.807) is 27.6 Å². The molecule has 20 heavy (non-hydrogen) atoms. The van der Waals surface area contributed by atoms with E-state index >= 15 is 0 Å². The van der Waals surface area contributed by atoms with Crippen molar-refractivity contribution < 1.29 is 18.6 Å². The fourth-order valence-electron chi connectivity index (χ4n) is 1.98. The van der Waals surface area contributed by atoms with E-state index in [1.807, 2.05) is 24.3 Å². The van der Waals surface area contributed by atoms with Gasteiger partial charge in [-0.1, -0.05) is 0 Å². The Hall–Kier alpha value is -2.14. The zero-order valence-corrected chi connectivity index (χ0v) is 11.9. The van der Waals surface area contributed by atoms with Crippen molar-refractivity contribution in [1.29, 1.82) is 0 Å². The van der Waals surface area contributed by atoms with Crippen molar-refractivity contribution in [3.63, 3.8) is 0 Å². The van der Waals surface area contributed by atoms with Crippen molar-refractivity contribution in [2.24, 2.45) is 0 Å². The average Bonchev–Trinajstić information content (AvgIpc) is 3.00. The summed E-state index contributed by atoms with van der Waals surface area (Å²) in [7, 11) is 4.87. The molecule has 0 aliphatic rings. The number of nitrogens with one attached hydrogen (secondary N) is 1. The van der Waals surface area contributed by atoms with Crippen LogP contribution in [-0.4, -0.2) is 21.3 Å². The van der Waals surface area contributed by atoms with Crippen LogP contribution in [0.25, 0.3) is 0 Å². The molecule has 0 saturated carbocycles. The van der Waals surface area contributed by atoms with Crippen molar-refractivity contribution in [2.75, 3.05) is 21.3 Å². The molecule has 0 aliphatic heterocycles. The Kier molecular flexibility index (Phi) is 4.90. The molecule has 1 heterocycles. The molecule has 0 amide bonds. The number of methoxy groups -OCH3 is 3. The van der Waals surface area contributed by atoms with E-state index in [1.165, 1.54) is 0 Å². The fourth-order valence-corrected chi connectivity index (χ4v) is 1.98. The lowest BCUT2D eigenvalue weighted by atomic mass is 10.1. The summed E-state index contributed by atoms with van der Waals surface area (Å²) < 4.78 is 21.3. The Morgan fingerprint density at radius 1 is 1.00 bits per heavy atom. The molecule has 1 aromatic heterocycles. The molecule has 0 unspecified atom stereocenters. The van der Waals surface area contributed by atoms with E-state index in [0.29, 0.717) is 18.8 Å². The first-order valence-corrected chi connectivity index (χ1v) is 6.30. The number of rotatable bonds is 7. The minimum atomic E-state index is 0.608. The third-order valence-electron chi connectivity index (χ3n) is 3.00. The number of furan rings is 1. The highest BCUT2D eigenvalue weighted by Gasteiger charge is 2.12. The summed E-state index contributed by atoms with van der Waals surface area (Å²) in [5.41, 5.74) is 0.947. The second kappa shape index (κ2) is 6.86. The van der Waals surface area contributed by atoms with Gasteiger partial charge in [-0.2, -0.15) is 0 Å². The van der Waals surface area contributed by atoms with Gasteiger partial charge < -0.3 is 23.9 Å². The summed E-state index contributed by atoms with van der Waals surface area (Å²) in [4.78, 5) is 0. The molecule has 1 aromatic carbocycles. The van der Waals surface area contributed by atoms with Crippen LogP contribution in [0.3, 0.4) is 0 Å². The van der Waals surface area contributed by atoms with Crippen LogP contribution in [0, 0.1) is 0 Å². The molecular formula is C15H19NO4. The SMILES string of the molecule is COc1cc(OC)c(CNCc2ccco2)c(OC)c1. The molecule has 0 fully saturated rings. The quantitative estimate of drug-likeness (QED) is 0.843. The van der Waals surface area contributed by atoms with E-state index in [4.69, 9.17) is 18.6 Å². The van der Waals surface area contributed by atoms with Gasteiger partial charge in [0.1, 0.15) is 23.0 Å². The summed E-state index contributed by atoms with van der Waals surface area (Å²) >= 11 is 0. The van der Waals surface area contributed by atoms with E-state index in [9.17, 15) is 0 Å². The molecular weight excluding hydrogens is 258 g/mol. The summed E-state index contributed by atoms with van der Waals surface area (Å²) in [5, 5.41) is 3.30. The molecule has 0 saturated heterocycles. The van der Waals surface area contributed by atoms with Gasteiger partial charge >= 0.3 is 0 Å². The van der Waals surface area contributed by atoms with Gasteiger partial charge in [-0.15, -0.1) is 0 Å². The van der Waals surface area contributed by atoms with Crippen molar-refractivity contribution in [3.8, 4) is 17.2 Å². The molecule has 108 valence electrons. The van der Waals surface area contributed by atoms with Gasteiger partial charge in [-0.25, -0.2) is 0 Å². The number of benzene rings is 1. The summed E-state index contributed by atoms with van der Waals surface area (Å²) in [5.74, 6) is 3.05. The molecule has 2 rings (SSSR count). The highest BCUT2D eigenvalue weighted by molar-refractivity contribution is 5.50. The van der Waals surface area contributed by atoms with Crippen LogP contribution in [0.4, 0.5) is 0 Å². The summed E-state index contributed by atoms with van der Waals surface area (Å²) in [6.07, 6.45) is 1.66. The van der Waals surface area contributed by atoms with Gasteiger partial charge in [0.2, 0.25) is 0 Å². The van der Waals surface area contributed by atoms with Gasteiger partial charge in [0.15, 0.2) is 0 Å². The van der Waals surface area contributed by atoms with Crippen LogP contribution in [0.2, 0.25) is 0 Å². The molecule has 5 heteroatoms. The van der Waals surface area contributed by atoms with Gasteiger partial charge in [-0.05, 0) is 12.1 Å². The summed E-state index contributed by atoms with van der Waals surface area (Å²) in [6, 6.07) is 7.47. The maximum absolute atomic E-state index is 5.39. The van der Waals surface area contributed by atoms with Crippen LogP contribution >= 0.6 is 0 Å². The van der Waals surface area contributed by atoms with Crippen LogP contribution in [-0.2, 0) is 13.1 Å². The van der Waals surface area contributed by atoms with Gasteiger partial charge in [0.05, 0.1) is 39.7 Å². The van der Waals surface area contributed by atoms with E-state index < -0.39 is 0 Å². The monoisotopic (exact) mass is 277 g/mol. The summed E-state index contributed by atoms with van der Waals surface area (Å²) in [6.45, 7) is 1.25. The van der Waals surface area contributed by atoms with Crippen molar-refractivity contribution in [3.05, 3.63) is 41.9 Å². The number of hydrogen-bond acceptors (Lipinski definition) is 5. The highest BCUT2D eigenvalue weighted by atomic mass is 16.5. The Balaban J connectivity index is 2.12. The second-order valence-corrected chi connectivity index (χ2v) is 4.19. The maximum Gasteiger partial charge on any atom is 0.130 e. The normalized spacial score (nSPS) is 10.3. The molecule has 0 aliphatic carbocycles. The van der Waals surface area contributed by atoms with Crippen LogP contribution in [0.15, 0.2) is 34.9 Å². The number of ether oxygens (including phenoxy) is 3. The minimum Gasteiger partial charge on any atom is -0.496 e. The lowest BCUT2D eigenvalue weighted by Crippen LogP contribution is -2.14. The van der Waals surface area contributed by atoms with Gasteiger partial charge in [0.25, 0.3) is 0 Å². The van der Waals surface area contributed by atoms with E-state index in [-0.39, 0.29) is 0 Å². The molecule has 5 nitrogen and oxygen atoms in total. The fraction of sp³-hybridized carbons (Fsp3) is 0.333. The Morgan fingerprint density at radius 2 is 1.70 bits per heavy atom. The van der Waals surface area contributed by atoms with E-state index in [0.717, 1.165) is 22.8 Å². The standard InChI is InChI=1S/C15H19NO4/c1-17-12-7-14(18-2)13(15(8-12)19-3)10-16-9-11-5-4-6-20-11/h4-8,16H,9-10H2,1-3H3. The van der Waals surface area contributed by atoms with Crippen molar-refractivity contribution in [1.82, 2.24) is 5.32 Å². The molecule has 0 bridgehead atoms. The topological polar surface area (TPSA) is 52.9 Å². The van der Waals surface area contributed by atoms with Crippen molar-refractivity contribution in [2.45, 2.75) is 13.1 Å². The smallest absolute Gasteiger partial charge is 0.130 e. The first kappa shape index (κ1) is 14.3. The third-order valence-corrected chi connectivity index (χ3v) is 3.00. The van der Waals surface area contributed by atoms with Gasteiger partial charge in [0, 0.05) is 18.7 Å². The first-order chi connectivity index (χ1) is 9.78. The molecule has 1 N–H and O–H groups in total. The molecule has 0 spiro atoms. The second-order valence-electron chi connectivity index (χ2n) is 4.19. The zero-order chi connectivity index (χ0) is 14.4. The minimum absolute atomic E-state index is 0.608. The third kappa shape index (κ3) is 3.24. The van der Waals surface area contributed by atoms with Crippen LogP contribution in [0.1, 0.15) is 11.3 Å².